The summed E-state index contributed by atoms with van der Waals surface area (Å²) >= 11 is 0. The van der Waals surface area contributed by atoms with Crippen molar-refractivity contribution < 1.29 is 23.9 Å². The van der Waals surface area contributed by atoms with Crippen molar-refractivity contribution in [2.45, 2.75) is 19.4 Å². The SMILES string of the molecule is C[C@H](OC(=O)[C@@H]1CC(=O)N(c2ccc(Oc3ccccc3-c3ccccc3)cc2)C1)C(=O)c1ccccc1. The van der Waals surface area contributed by atoms with Gasteiger partial charge in [-0.1, -0.05) is 78.9 Å². The summed E-state index contributed by atoms with van der Waals surface area (Å²) in [4.78, 5) is 39.6. The van der Waals surface area contributed by atoms with E-state index in [1.807, 2.05) is 60.7 Å². The van der Waals surface area contributed by atoms with Gasteiger partial charge in [0.25, 0.3) is 0 Å². The number of carbonyl (C=O) groups is 3. The summed E-state index contributed by atoms with van der Waals surface area (Å²) in [5, 5.41) is 0. The van der Waals surface area contributed by atoms with E-state index in [0.29, 0.717) is 17.0 Å². The van der Waals surface area contributed by atoms with Crippen LogP contribution >= 0.6 is 0 Å². The molecule has 6 nitrogen and oxygen atoms in total. The Morgan fingerprint density at radius 1 is 0.816 bits per heavy atom. The molecule has 1 aliphatic rings. The van der Waals surface area contributed by atoms with Crippen LogP contribution in [0.15, 0.2) is 109 Å². The summed E-state index contributed by atoms with van der Waals surface area (Å²) in [6.45, 7) is 1.75. The first-order chi connectivity index (χ1) is 18.5. The second-order valence-corrected chi connectivity index (χ2v) is 9.17. The Morgan fingerprint density at radius 3 is 2.16 bits per heavy atom. The van der Waals surface area contributed by atoms with Crippen molar-refractivity contribution in [2.24, 2.45) is 5.92 Å². The number of Topliss-reactive ketones (excluding diaryl/α,β-unsaturated/α-hetero) is 1. The van der Waals surface area contributed by atoms with E-state index in [1.54, 1.807) is 60.4 Å². The third-order valence-electron chi connectivity index (χ3n) is 6.53. The van der Waals surface area contributed by atoms with E-state index in [1.165, 1.54) is 0 Å². The number of esters is 1. The highest BCUT2D eigenvalue weighted by Gasteiger charge is 2.37. The number of carbonyl (C=O) groups excluding carboxylic acids is 3. The standard InChI is InChI=1S/C32H27NO5/c1-22(31(35)24-12-6-3-7-13-24)37-32(36)25-20-30(34)33(21-25)26-16-18-27(19-17-26)38-29-15-9-8-14-28(29)23-10-4-2-5-11-23/h2-19,22,25H,20-21H2,1H3/t22-,25+/m0/s1. The average Bonchev–Trinajstić information content (AvgIpc) is 3.36. The van der Waals surface area contributed by atoms with Gasteiger partial charge in [-0.25, -0.2) is 0 Å². The number of benzene rings is 4. The summed E-state index contributed by atoms with van der Waals surface area (Å²) in [5.41, 5.74) is 3.18. The molecule has 0 spiro atoms. The van der Waals surface area contributed by atoms with Gasteiger partial charge in [0.2, 0.25) is 11.7 Å². The summed E-state index contributed by atoms with van der Waals surface area (Å²) in [6.07, 6.45) is -0.891. The van der Waals surface area contributed by atoms with Gasteiger partial charge in [0, 0.05) is 29.8 Å². The number of nitrogens with zero attached hydrogens (tertiary/aromatic N) is 1. The van der Waals surface area contributed by atoms with Crippen molar-refractivity contribution in [3.8, 4) is 22.6 Å². The van der Waals surface area contributed by atoms with Gasteiger partial charge in [-0.15, -0.1) is 0 Å². The number of rotatable bonds is 8. The van der Waals surface area contributed by atoms with Crippen molar-refractivity contribution in [3.05, 3.63) is 115 Å². The van der Waals surface area contributed by atoms with Gasteiger partial charge in [-0.2, -0.15) is 0 Å². The maximum absolute atomic E-state index is 12.7. The van der Waals surface area contributed by atoms with E-state index in [4.69, 9.17) is 9.47 Å². The second-order valence-electron chi connectivity index (χ2n) is 9.17. The molecule has 0 bridgehead atoms. The van der Waals surface area contributed by atoms with Crippen molar-refractivity contribution in [1.82, 2.24) is 0 Å². The molecule has 6 heteroatoms. The van der Waals surface area contributed by atoms with Crippen LogP contribution in [0.25, 0.3) is 11.1 Å². The first-order valence-corrected chi connectivity index (χ1v) is 12.5. The Hall–Kier alpha value is -4.71. The maximum Gasteiger partial charge on any atom is 0.312 e. The minimum atomic E-state index is -0.927. The van der Waals surface area contributed by atoms with Crippen LogP contribution in [-0.2, 0) is 14.3 Å². The van der Waals surface area contributed by atoms with Crippen LogP contribution in [0.3, 0.4) is 0 Å². The van der Waals surface area contributed by atoms with E-state index >= 15 is 0 Å². The van der Waals surface area contributed by atoms with Gasteiger partial charge in [0.15, 0.2) is 6.10 Å². The topological polar surface area (TPSA) is 72.9 Å². The van der Waals surface area contributed by atoms with Crippen molar-refractivity contribution >= 4 is 23.3 Å². The van der Waals surface area contributed by atoms with Crippen LogP contribution in [0.1, 0.15) is 23.7 Å². The third-order valence-corrected chi connectivity index (χ3v) is 6.53. The fourth-order valence-corrected chi connectivity index (χ4v) is 4.51. The molecule has 0 radical (unpaired) electrons. The lowest BCUT2D eigenvalue weighted by Crippen LogP contribution is -2.30. The smallest absolute Gasteiger partial charge is 0.312 e. The highest BCUT2D eigenvalue weighted by Crippen LogP contribution is 2.34. The van der Waals surface area contributed by atoms with Crippen LogP contribution in [0.2, 0.25) is 0 Å². The molecule has 190 valence electrons. The molecule has 1 aliphatic heterocycles. The quantitative estimate of drug-likeness (QED) is 0.207. The van der Waals surface area contributed by atoms with Gasteiger partial charge in [0.1, 0.15) is 11.5 Å². The predicted octanol–water partition coefficient (Wildman–Crippen LogP) is 6.31. The average molecular weight is 506 g/mol. The molecule has 0 aliphatic carbocycles. The second kappa shape index (κ2) is 11.1. The first-order valence-electron chi connectivity index (χ1n) is 12.5. The molecule has 2 atom stereocenters. The lowest BCUT2D eigenvalue weighted by molar-refractivity contribution is -0.151. The molecule has 0 saturated carbocycles. The van der Waals surface area contributed by atoms with Gasteiger partial charge in [-0.05, 0) is 42.8 Å². The van der Waals surface area contributed by atoms with Crippen LogP contribution in [-0.4, -0.2) is 30.3 Å². The lowest BCUT2D eigenvalue weighted by atomic mass is 10.0. The summed E-state index contributed by atoms with van der Waals surface area (Å²) in [7, 11) is 0. The van der Waals surface area contributed by atoms with Gasteiger partial charge in [0.05, 0.1) is 5.92 Å². The molecule has 0 unspecified atom stereocenters. The zero-order chi connectivity index (χ0) is 26.5. The molecule has 38 heavy (non-hydrogen) atoms. The zero-order valence-corrected chi connectivity index (χ0v) is 20.9. The van der Waals surface area contributed by atoms with Crippen LogP contribution in [0.4, 0.5) is 5.69 Å². The first kappa shape index (κ1) is 25.0. The molecule has 4 aromatic carbocycles. The Morgan fingerprint density at radius 2 is 1.45 bits per heavy atom. The highest BCUT2D eigenvalue weighted by atomic mass is 16.5. The van der Waals surface area contributed by atoms with Gasteiger partial charge in [-0.3, -0.25) is 14.4 Å². The molecular formula is C32H27NO5. The Labute approximate surface area is 221 Å². The number of hydrogen-bond donors (Lipinski definition) is 0. The van der Waals surface area contributed by atoms with Crippen molar-refractivity contribution in [2.75, 3.05) is 11.4 Å². The van der Waals surface area contributed by atoms with Crippen molar-refractivity contribution in [3.63, 3.8) is 0 Å². The summed E-state index contributed by atoms with van der Waals surface area (Å²) in [6, 6.07) is 33.7. The maximum atomic E-state index is 12.7. The predicted molar refractivity (Wildman–Crippen MR) is 145 cm³/mol. The summed E-state index contributed by atoms with van der Waals surface area (Å²) < 4.78 is 11.6. The van der Waals surface area contributed by atoms with E-state index in [0.717, 1.165) is 16.9 Å². The minimum Gasteiger partial charge on any atom is -0.457 e. The Bertz CT molecular complexity index is 1430. The zero-order valence-electron chi connectivity index (χ0n) is 20.9. The molecule has 1 amide bonds. The Balaban J connectivity index is 1.22. The monoisotopic (exact) mass is 505 g/mol. The number of anilines is 1. The van der Waals surface area contributed by atoms with E-state index < -0.39 is 18.0 Å². The highest BCUT2D eigenvalue weighted by molar-refractivity contribution is 6.02. The fourth-order valence-electron chi connectivity index (χ4n) is 4.51. The molecule has 0 aromatic heterocycles. The third kappa shape index (κ3) is 5.49. The van der Waals surface area contributed by atoms with Crippen LogP contribution in [0, 0.1) is 5.92 Å². The number of para-hydroxylation sites is 1. The molecule has 5 rings (SSSR count). The molecule has 4 aromatic rings. The minimum absolute atomic E-state index is 0.0355. The molecule has 0 N–H and O–H groups in total. The largest absolute Gasteiger partial charge is 0.457 e. The number of amides is 1. The summed E-state index contributed by atoms with van der Waals surface area (Å²) in [5.74, 6) is -0.266. The van der Waals surface area contributed by atoms with E-state index in [-0.39, 0.29) is 24.7 Å². The normalized spacial score (nSPS) is 15.7. The Kier molecular flexibility index (Phi) is 7.31. The van der Waals surface area contributed by atoms with Crippen molar-refractivity contribution in [1.29, 1.82) is 0 Å². The lowest BCUT2D eigenvalue weighted by Gasteiger charge is -2.18. The van der Waals surface area contributed by atoms with Gasteiger partial charge < -0.3 is 14.4 Å². The number of hydrogen-bond acceptors (Lipinski definition) is 5. The van der Waals surface area contributed by atoms with Gasteiger partial charge >= 0.3 is 5.97 Å². The fraction of sp³-hybridized carbons (Fsp3) is 0.156. The molecule has 1 heterocycles. The van der Waals surface area contributed by atoms with E-state index in [9.17, 15) is 14.4 Å². The molecule has 1 saturated heterocycles. The molecule has 1 fully saturated rings. The van der Waals surface area contributed by atoms with Crippen LogP contribution in [0.5, 0.6) is 11.5 Å². The van der Waals surface area contributed by atoms with E-state index in [2.05, 4.69) is 0 Å². The number of ether oxygens (including phenoxy) is 2. The number of ketones is 1. The van der Waals surface area contributed by atoms with Crippen LogP contribution < -0.4 is 9.64 Å². The molecular weight excluding hydrogens is 478 g/mol.